The Morgan fingerprint density at radius 1 is 0.500 bits per heavy atom. The molecule has 0 aliphatic heterocycles. The van der Waals surface area contributed by atoms with Crippen molar-refractivity contribution in [3.63, 3.8) is 0 Å². The normalized spacial score (nSPS) is 10.8. The highest BCUT2D eigenvalue weighted by Crippen LogP contribution is 2.45. The van der Waals surface area contributed by atoms with E-state index in [1.807, 2.05) is 44.3 Å². The van der Waals surface area contributed by atoms with E-state index in [4.69, 9.17) is 0 Å². The molecule has 4 heteroatoms. The lowest BCUT2D eigenvalue weighted by Gasteiger charge is -1.96. The largest absolute Gasteiger partial charge is 0.136 e. The second kappa shape index (κ2) is 7.62. The van der Waals surface area contributed by atoms with Crippen molar-refractivity contribution in [2.75, 3.05) is 0 Å². The van der Waals surface area contributed by atoms with Crippen molar-refractivity contribution in [1.82, 2.24) is 0 Å². The average molecular weight is 383 g/mol. The van der Waals surface area contributed by atoms with Gasteiger partial charge in [0.2, 0.25) is 0 Å². The van der Waals surface area contributed by atoms with Crippen molar-refractivity contribution in [3.05, 3.63) is 83.6 Å². The van der Waals surface area contributed by atoms with Crippen molar-refractivity contribution in [2.24, 2.45) is 0 Å². The van der Waals surface area contributed by atoms with E-state index in [0.717, 1.165) is 0 Å². The molecule has 0 spiro atoms. The summed E-state index contributed by atoms with van der Waals surface area (Å²) in [5.74, 6) is 0. The first-order valence-electron chi connectivity index (χ1n) is 7.51. The zero-order valence-electron chi connectivity index (χ0n) is 12.7. The molecule has 0 atom stereocenters. The summed E-state index contributed by atoms with van der Waals surface area (Å²) < 4.78 is 2.68. The van der Waals surface area contributed by atoms with Crippen LogP contribution in [-0.2, 0) is 0 Å². The predicted octanol–water partition coefficient (Wildman–Crippen LogP) is 7.94. The van der Waals surface area contributed by atoms with Gasteiger partial charge in [-0.25, -0.2) is 0 Å². The first-order valence-corrected chi connectivity index (χ1v) is 11.4. The van der Waals surface area contributed by atoms with E-state index in [1.54, 1.807) is 0 Å². The van der Waals surface area contributed by atoms with Crippen LogP contribution in [0.15, 0.2) is 92.0 Å². The Morgan fingerprint density at radius 2 is 0.917 bits per heavy atom. The minimum absolute atomic E-state index is 1.29. The highest BCUT2D eigenvalue weighted by atomic mass is 33.1. The Balaban J connectivity index is 1.43. The van der Waals surface area contributed by atoms with Crippen LogP contribution < -0.4 is 0 Å². The minimum Gasteiger partial charge on any atom is -0.136 e. The molecular formula is C20H14S4. The number of thiophene rings is 2. The van der Waals surface area contributed by atoms with Gasteiger partial charge in [0.15, 0.2) is 0 Å². The first kappa shape index (κ1) is 16.0. The van der Waals surface area contributed by atoms with Crippen LogP contribution in [0.3, 0.4) is 0 Å². The molecule has 0 saturated carbocycles. The van der Waals surface area contributed by atoms with E-state index in [1.165, 1.54) is 30.7 Å². The molecule has 0 saturated heterocycles. The fourth-order valence-corrected chi connectivity index (χ4v) is 6.87. The van der Waals surface area contributed by atoms with Crippen LogP contribution in [0, 0.1) is 0 Å². The fraction of sp³-hybridized carbons (Fsp3) is 0. The lowest BCUT2D eigenvalue weighted by molar-refractivity contribution is 1.64. The van der Waals surface area contributed by atoms with Crippen molar-refractivity contribution in [1.29, 1.82) is 0 Å². The molecule has 24 heavy (non-hydrogen) atoms. The summed E-state index contributed by atoms with van der Waals surface area (Å²) in [6, 6.07) is 25.7. The van der Waals surface area contributed by atoms with Gasteiger partial charge in [-0.15, -0.1) is 22.7 Å². The summed E-state index contributed by atoms with van der Waals surface area (Å²) in [6.07, 6.45) is 0. The Morgan fingerprint density at radius 3 is 1.33 bits per heavy atom. The first-order chi connectivity index (χ1) is 11.9. The molecule has 4 aromatic rings. The van der Waals surface area contributed by atoms with Crippen LogP contribution >= 0.6 is 44.3 Å². The van der Waals surface area contributed by atoms with Crippen molar-refractivity contribution in [2.45, 2.75) is 8.42 Å². The van der Waals surface area contributed by atoms with Gasteiger partial charge in [0.05, 0.1) is 8.42 Å². The van der Waals surface area contributed by atoms with Crippen LogP contribution in [0.2, 0.25) is 0 Å². The third-order valence-corrected chi connectivity index (χ3v) is 8.70. The highest BCUT2D eigenvalue weighted by molar-refractivity contribution is 8.77. The monoisotopic (exact) mass is 382 g/mol. The molecule has 2 aromatic heterocycles. The second-order valence-electron chi connectivity index (χ2n) is 5.21. The molecule has 0 radical (unpaired) electrons. The standard InChI is InChI=1S/C20H14S4/c1-3-7-15(8-4-1)17-11-19(21-13-17)23-24-20-12-18(14-22-20)16-9-5-2-6-10-16/h1-14H. The Hall–Kier alpha value is -1.46. The molecule has 0 amide bonds. The molecule has 0 fully saturated rings. The average Bonchev–Trinajstić information content (AvgIpc) is 3.31. The number of benzene rings is 2. The zero-order valence-corrected chi connectivity index (χ0v) is 16.0. The summed E-state index contributed by atoms with van der Waals surface area (Å²) in [7, 11) is 3.69. The van der Waals surface area contributed by atoms with Gasteiger partial charge in [0.1, 0.15) is 0 Å². The maximum atomic E-state index is 2.28. The summed E-state index contributed by atoms with van der Waals surface area (Å²) >= 11 is 3.63. The van der Waals surface area contributed by atoms with Gasteiger partial charge in [0, 0.05) is 0 Å². The summed E-state index contributed by atoms with van der Waals surface area (Å²) in [6.45, 7) is 0. The third kappa shape index (κ3) is 3.78. The van der Waals surface area contributed by atoms with E-state index < -0.39 is 0 Å². The smallest absolute Gasteiger partial charge is 0.0716 e. The van der Waals surface area contributed by atoms with Gasteiger partial charge in [-0.05, 0) is 66.7 Å². The molecule has 0 bridgehead atoms. The summed E-state index contributed by atoms with van der Waals surface area (Å²) in [5.41, 5.74) is 5.18. The van der Waals surface area contributed by atoms with E-state index in [9.17, 15) is 0 Å². The fourth-order valence-electron chi connectivity index (χ4n) is 2.37. The summed E-state index contributed by atoms with van der Waals surface area (Å²) in [5, 5.41) is 4.48. The maximum absolute atomic E-state index is 2.28. The van der Waals surface area contributed by atoms with E-state index in [0.29, 0.717) is 0 Å². The lowest BCUT2D eigenvalue weighted by atomic mass is 10.1. The van der Waals surface area contributed by atoms with Gasteiger partial charge < -0.3 is 0 Å². The number of hydrogen-bond donors (Lipinski definition) is 0. The quantitative estimate of drug-likeness (QED) is 0.321. The van der Waals surface area contributed by atoms with Crippen LogP contribution in [0.1, 0.15) is 0 Å². The van der Waals surface area contributed by atoms with Crippen LogP contribution in [0.4, 0.5) is 0 Å². The summed E-state index contributed by atoms with van der Waals surface area (Å²) in [4.78, 5) is 0. The van der Waals surface area contributed by atoms with Crippen LogP contribution in [-0.4, -0.2) is 0 Å². The van der Waals surface area contributed by atoms with E-state index in [2.05, 4.69) is 83.6 Å². The van der Waals surface area contributed by atoms with E-state index in [-0.39, 0.29) is 0 Å². The molecule has 0 unspecified atom stereocenters. The topological polar surface area (TPSA) is 0 Å². The Kier molecular flexibility index (Phi) is 5.09. The van der Waals surface area contributed by atoms with Gasteiger partial charge in [-0.3, -0.25) is 0 Å². The second-order valence-corrected chi connectivity index (χ2v) is 9.76. The molecule has 0 nitrogen and oxygen atoms in total. The van der Waals surface area contributed by atoms with Gasteiger partial charge in [-0.2, -0.15) is 0 Å². The van der Waals surface area contributed by atoms with Crippen molar-refractivity contribution >= 4 is 44.3 Å². The lowest BCUT2D eigenvalue weighted by Crippen LogP contribution is -1.70. The molecule has 0 aliphatic rings. The third-order valence-electron chi connectivity index (χ3n) is 3.57. The van der Waals surface area contributed by atoms with Crippen LogP contribution in [0.25, 0.3) is 22.3 Å². The van der Waals surface area contributed by atoms with Gasteiger partial charge >= 0.3 is 0 Å². The van der Waals surface area contributed by atoms with Gasteiger partial charge in [0.25, 0.3) is 0 Å². The molecule has 0 aliphatic carbocycles. The van der Waals surface area contributed by atoms with E-state index >= 15 is 0 Å². The van der Waals surface area contributed by atoms with Crippen molar-refractivity contribution in [3.8, 4) is 22.3 Å². The molecule has 2 aromatic carbocycles. The zero-order chi connectivity index (χ0) is 16.2. The predicted molar refractivity (Wildman–Crippen MR) is 111 cm³/mol. The van der Waals surface area contributed by atoms with Crippen LogP contribution in [0.5, 0.6) is 0 Å². The minimum atomic E-state index is 1.29. The highest BCUT2D eigenvalue weighted by Gasteiger charge is 2.07. The number of rotatable bonds is 5. The molecule has 118 valence electrons. The van der Waals surface area contributed by atoms with Crippen molar-refractivity contribution < 1.29 is 0 Å². The Labute approximate surface area is 158 Å². The molecule has 2 heterocycles. The number of hydrogen-bond acceptors (Lipinski definition) is 4. The molecule has 4 rings (SSSR count). The SMILES string of the molecule is c1ccc(-c2csc(SSc3cc(-c4ccccc4)cs3)c2)cc1. The molecular weight excluding hydrogens is 368 g/mol. The van der Waals surface area contributed by atoms with Gasteiger partial charge in [-0.1, -0.05) is 60.7 Å². The maximum Gasteiger partial charge on any atom is 0.0716 e. The molecule has 0 N–H and O–H groups in total. The Bertz CT molecular complexity index is 829.